The van der Waals surface area contributed by atoms with Crippen molar-refractivity contribution in [3.63, 3.8) is 0 Å². The predicted molar refractivity (Wildman–Crippen MR) is 112 cm³/mol. The van der Waals surface area contributed by atoms with Gasteiger partial charge in [0.25, 0.3) is 0 Å². The van der Waals surface area contributed by atoms with Crippen LogP contribution in [-0.4, -0.2) is 59.7 Å². The zero-order valence-corrected chi connectivity index (χ0v) is 17.1. The first-order valence-corrected chi connectivity index (χ1v) is 9.84. The molecule has 0 radical (unpaired) electrons. The highest BCUT2D eigenvalue weighted by Crippen LogP contribution is 2.17. The third-order valence-electron chi connectivity index (χ3n) is 4.66. The van der Waals surface area contributed by atoms with Gasteiger partial charge in [0.05, 0.1) is 18.5 Å². The normalized spacial score (nSPS) is 13.9. The number of piperazine rings is 1. The molecule has 0 saturated carbocycles. The number of nitriles is 1. The molecule has 0 aliphatic carbocycles. The number of amides is 3. The highest BCUT2D eigenvalue weighted by molar-refractivity contribution is 5.99. The van der Waals surface area contributed by atoms with Crippen molar-refractivity contribution in [3.8, 4) is 6.07 Å². The van der Waals surface area contributed by atoms with Crippen LogP contribution in [0.4, 0.5) is 25.4 Å². The zero-order valence-electron chi connectivity index (χ0n) is 17.1. The number of hydrogen-bond acceptors (Lipinski definition) is 6. The van der Waals surface area contributed by atoms with E-state index in [1.165, 1.54) is 24.4 Å². The van der Waals surface area contributed by atoms with Crippen LogP contribution in [-0.2, 0) is 11.3 Å². The molecule has 1 fully saturated rings. The molecule has 0 bridgehead atoms. The van der Waals surface area contributed by atoms with Gasteiger partial charge in [0.2, 0.25) is 0 Å². The van der Waals surface area contributed by atoms with Gasteiger partial charge in [-0.05, 0) is 42.8 Å². The number of carbonyl (C=O) groups excluding carboxylic acids is 2. The third kappa shape index (κ3) is 6.38. The van der Waals surface area contributed by atoms with Crippen molar-refractivity contribution in [1.82, 2.24) is 14.8 Å². The Morgan fingerprint density at radius 2 is 1.90 bits per heavy atom. The molecule has 1 aliphatic rings. The molecule has 0 spiro atoms. The lowest BCUT2D eigenvalue weighted by Gasteiger charge is -2.34. The van der Waals surface area contributed by atoms with Crippen LogP contribution < -0.4 is 10.6 Å². The molecule has 1 aromatic heterocycles. The van der Waals surface area contributed by atoms with E-state index in [1.54, 1.807) is 24.0 Å². The minimum Gasteiger partial charge on any atom is -0.450 e. The largest absolute Gasteiger partial charge is 0.450 e. The van der Waals surface area contributed by atoms with Gasteiger partial charge in [-0.1, -0.05) is 0 Å². The number of carbonyl (C=O) groups is 2. The summed E-state index contributed by atoms with van der Waals surface area (Å²) in [7, 11) is 0. The van der Waals surface area contributed by atoms with E-state index in [0.717, 1.165) is 0 Å². The van der Waals surface area contributed by atoms with Crippen molar-refractivity contribution in [2.75, 3.05) is 43.4 Å². The Kier molecular flexibility index (Phi) is 7.35. The average molecular weight is 426 g/mol. The fourth-order valence-corrected chi connectivity index (χ4v) is 3.20. The molecule has 0 atom stereocenters. The third-order valence-corrected chi connectivity index (χ3v) is 4.66. The number of halogens is 1. The van der Waals surface area contributed by atoms with Gasteiger partial charge in [-0.3, -0.25) is 4.90 Å². The summed E-state index contributed by atoms with van der Waals surface area (Å²) in [6.45, 7) is 4.97. The van der Waals surface area contributed by atoms with Crippen LogP contribution in [0.25, 0.3) is 0 Å². The Hall–Kier alpha value is -3.71. The number of pyridine rings is 1. The molecule has 1 saturated heterocycles. The minimum atomic E-state index is -0.550. The molecule has 2 aromatic rings. The lowest BCUT2D eigenvalue weighted by molar-refractivity contribution is 0.0778. The number of aromatic nitrogens is 1. The lowest BCUT2D eigenvalue weighted by Crippen LogP contribution is -2.48. The summed E-state index contributed by atoms with van der Waals surface area (Å²) in [6.07, 6.45) is 1.05. The first-order valence-electron chi connectivity index (χ1n) is 9.84. The van der Waals surface area contributed by atoms with E-state index in [9.17, 15) is 14.0 Å². The number of nitrogens with zero attached hydrogens (tertiary/aromatic N) is 4. The summed E-state index contributed by atoms with van der Waals surface area (Å²) in [5.41, 5.74) is 1.68. The summed E-state index contributed by atoms with van der Waals surface area (Å²) in [6, 6.07) is 8.75. The smallest absolute Gasteiger partial charge is 0.409 e. The van der Waals surface area contributed by atoms with Gasteiger partial charge in [-0.25, -0.2) is 19.0 Å². The molecule has 2 N–H and O–H groups in total. The van der Waals surface area contributed by atoms with Crippen molar-refractivity contribution < 1.29 is 18.7 Å². The van der Waals surface area contributed by atoms with Crippen molar-refractivity contribution in [2.45, 2.75) is 13.5 Å². The number of anilines is 2. The second kappa shape index (κ2) is 10.4. The maximum Gasteiger partial charge on any atom is 0.409 e. The summed E-state index contributed by atoms with van der Waals surface area (Å²) in [5, 5.41) is 13.9. The molecule has 3 rings (SSSR count). The van der Waals surface area contributed by atoms with Crippen LogP contribution >= 0.6 is 0 Å². The number of ether oxygens (including phenoxy) is 1. The molecule has 31 heavy (non-hydrogen) atoms. The molecule has 3 amide bonds. The number of benzene rings is 1. The van der Waals surface area contributed by atoms with E-state index < -0.39 is 11.8 Å². The maximum atomic E-state index is 14.1. The molecule has 0 unspecified atom stereocenters. The van der Waals surface area contributed by atoms with Crippen LogP contribution in [0.2, 0.25) is 0 Å². The Balaban J connectivity index is 1.55. The van der Waals surface area contributed by atoms with Crippen LogP contribution in [0.15, 0.2) is 36.5 Å². The van der Waals surface area contributed by atoms with Crippen molar-refractivity contribution in [3.05, 3.63) is 53.6 Å². The highest BCUT2D eigenvalue weighted by atomic mass is 19.1. The Labute approximate surface area is 179 Å². The van der Waals surface area contributed by atoms with E-state index >= 15 is 0 Å². The fourth-order valence-electron chi connectivity index (χ4n) is 3.20. The van der Waals surface area contributed by atoms with Gasteiger partial charge in [0.1, 0.15) is 17.6 Å². The highest BCUT2D eigenvalue weighted by Gasteiger charge is 2.22. The average Bonchev–Trinajstić information content (AvgIpc) is 2.74. The quantitative estimate of drug-likeness (QED) is 0.760. The van der Waals surface area contributed by atoms with E-state index in [0.29, 0.717) is 56.3 Å². The number of nitrogens with one attached hydrogen (secondary N) is 2. The molecule has 9 nitrogen and oxygen atoms in total. The monoisotopic (exact) mass is 426 g/mol. The van der Waals surface area contributed by atoms with Crippen molar-refractivity contribution in [1.29, 1.82) is 5.26 Å². The topological polar surface area (TPSA) is 111 Å². The second-order valence-electron chi connectivity index (χ2n) is 6.93. The Bertz CT molecular complexity index is 968. The van der Waals surface area contributed by atoms with Gasteiger partial charge >= 0.3 is 12.1 Å². The van der Waals surface area contributed by atoms with Gasteiger partial charge in [0.15, 0.2) is 0 Å². The summed E-state index contributed by atoms with van der Waals surface area (Å²) < 4.78 is 19.1. The molecular formula is C21H23FN6O3. The Morgan fingerprint density at radius 3 is 2.55 bits per heavy atom. The summed E-state index contributed by atoms with van der Waals surface area (Å²) >= 11 is 0. The van der Waals surface area contributed by atoms with Crippen LogP contribution in [0.3, 0.4) is 0 Å². The van der Waals surface area contributed by atoms with E-state index in [2.05, 4.69) is 20.5 Å². The van der Waals surface area contributed by atoms with E-state index in [-0.39, 0.29) is 11.8 Å². The SMILES string of the molecule is CCOC(=O)N1CCN(Cc2cc(F)cc(NC(=O)Nc3ccc(C#N)nc3)c2)CC1. The van der Waals surface area contributed by atoms with Gasteiger partial charge in [0, 0.05) is 38.4 Å². The lowest BCUT2D eigenvalue weighted by atomic mass is 10.1. The van der Waals surface area contributed by atoms with Crippen LogP contribution in [0, 0.1) is 17.1 Å². The molecular weight excluding hydrogens is 403 g/mol. The number of urea groups is 1. The molecule has 10 heteroatoms. The van der Waals surface area contributed by atoms with E-state index in [4.69, 9.17) is 10.00 Å². The van der Waals surface area contributed by atoms with Gasteiger partial charge in [-0.15, -0.1) is 0 Å². The maximum absolute atomic E-state index is 14.1. The fraction of sp³-hybridized carbons (Fsp3) is 0.333. The molecule has 162 valence electrons. The van der Waals surface area contributed by atoms with Crippen molar-refractivity contribution >= 4 is 23.5 Å². The van der Waals surface area contributed by atoms with E-state index in [1.807, 2.05) is 6.07 Å². The predicted octanol–water partition coefficient (Wildman–Crippen LogP) is 3.01. The Morgan fingerprint density at radius 1 is 1.16 bits per heavy atom. The summed E-state index contributed by atoms with van der Waals surface area (Å²) in [4.78, 5) is 31.6. The van der Waals surface area contributed by atoms with Crippen molar-refractivity contribution in [2.24, 2.45) is 0 Å². The first kappa shape index (κ1) is 22.0. The van der Waals surface area contributed by atoms with Crippen LogP contribution in [0.5, 0.6) is 0 Å². The first-order chi connectivity index (χ1) is 15.0. The second-order valence-corrected chi connectivity index (χ2v) is 6.93. The van der Waals surface area contributed by atoms with Gasteiger partial charge in [-0.2, -0.15) is 5.26 Å². The zero-order chi connectivity index (χ0) is 22.2. The van der Waals surface area contributed by atoms with Crippen LogP contribution in [0.1, 0.15) is 18.2 Å². The standard InChI is InChI=1S/C21H23FN6O3/c1-2-31-21(30)28-7-5-27(6-8-28)14-15-9-16(22)11-19(10-15)26-20(29)25-18-4-3-17(12-23)24-13-18/h3-4,9-11,13H,2,5-8,14H2,1H3,(H2,25,26,29). The number of hydrogen-bond donors (Lipinski definition) is 2. The minimum absolute atomic E-state index is 0.240. The molecule has 2 heterocycles. The molecule has 1 aliphatic heterocycles. The summed E-state index contributed by atoms with van der Waals surface area (Å²) in [5.74, 6) is -0.460. The molecule has 1 aromatic carbocycles. The van der Waals surface area contributed by atoms with Gasteiger partial charge < -0.3 is 20.3 Å². The number of rotatable bonds is 5.